The number of aliphatic carboxylic acids is 1. The topological polar surface area (TPSA) is 46.5 Å². The lowest BCUT2D eigenvalue weighted by atomic mass is 9.97. The lowest BCUT2D eigenvalue weighted by Crippen LogP contribution is -2.18. The maximum atomic E-state index is 11.1. The van der Waals surface area contributed by atoms with Crippen LogP contribution in [0.4, 0.5) is 0 Å². The fourth-order valence-electron chi connectivity index (χ4n) is 1.63. The van der Waals surface area contributed by atoms with Crippen molar-refractivity contribution in [3.63, 3.8) is 0 Å². The van der Waals surface area contributed by atoms with Crippen LogP contribution in [0.1, 0.15) is 18.9 Å². The van der Waals surface area contributed by atoms with E-state index in [1.54, 1.807) is 12.1 Å². The van der Waals surface area contributed by atoms with Crippen LogP contribution in [0, 0.1) is 5.92 Å². The van der Waals surface area contributed by atoms with E-state index in [4.69, 9.17) is 21.4 Å². The minimum absolute atomic E-state index is 0.417. The second-order valence-corrected chi connectivity index (χ2v) is 4.29. The van der Waals surface area contributed by atoms with Crippen molar-refractivity contribution in [2.45, 2.75) is 19.8 Å². The van der Waals surface area contributed by atoms with Gasteiger partial charge in [-0.25, -0.2) is 0 Å². The van der Waals surface area contributed by atoms with Crippen molar-refractivity contribution in [1.29, 1.82) is 0 Å². The Hall–Kier alpha value is -1.06. The Labute approximate surface area is 106 Å². The number of hydrogen-bond acceptors (Lipinski definition) is 2. The van der Waals surface area contributed by atoms with Crippen LogP contribution in [-0.2, 0) is 16.0 Å². The normalized spacial score (nSPS) is 12.4. The first kappa shape index (κ1) is 14.0. The molecule has 0 aliphatic rings. The number of ether oxygens (including phenoxy) is 1. The zero-order valence-corrected chi connectivity index (χ0v) is 10.6. The summed E-state index contributed by atoms with van der Waals surface area (Å²) in [6.45, 7) is 2.99. The molecular formula is C13H17ClO3. The molecule has 1 unspecified atom stereocenters. The predicted molar refractivity (Wildman–Crippen MR) is 67.4 cm³/mol. The van der Waals surface area contributed by atoms with Gasteiger partial charge in [-0.15, -0.1) is 0 Å². The van der Waals surface area contributed by atoms with Gasteiger partial charge in [0.25, 0.3) is 0 Å². The molecule has 4 heteroatoms. The van der Waals surface area contributed by atoms with Gasteiger partial charge in [-0.3, -0.25) is 4.79 Å². The molecule has 1 rings (SSSR count). The zero-order chi connectivity index (χ0) is 12.7. The molecule has 0 spiro atoms. The Balaban J connectivity index is 2.57. The SMILES string of the molecule is CCOCCC(Cc1cccc(Cl)c1)C(=O)O. The number of hydrogen-bond donors (Lipinski definition) is 1. The molecular weight excluding hydrogens is 240 g/mol. The van der Waals surface area contributed by atoms with Crippen LogP contribution >= 0.6 is 11.6 Å². The van der Waals surface area contributed by atoms with Crippen molar-refractivity contribution in [2.75, 3.05) is 13.2 Å². The van der Waals surface area contributed by atoms with Crippen LogP contribution in [0.3, 0.4) is 0 Å². The van der Waals surface area contributed by atoms with Crippen molar-refractivity contribution in [3.05, 3.63) is 34.9 Å². The van der Waals surface area contributed by atoms with Crippen LogP contribution < -0.4 is 0 Å². The van der Waals surface area contributed by atoms with Gasteiger partial charge in [0.15, 0.2) is 0 Å². The van der Waals surface area contributed by atoms with E-state index >= 15 is 0 Å². The molecule has 0 fully saturated rings. The number of halogens is 1. The van der Waals surface area contributed by atoms with E-state index < -0.39 is 11.9 Å². The highest BCUT2D eigenvalue weighted by molar-refractivity contribution is 6.30. The third-order valence-electron chi connectivity index (χ3n) is 2.54. The summed E-state index contributed by atoms with van der Waals surface area (Å²) in [6, 6.07) is 7.31. The van der Waals surface area contributed by atoms with Gasteiger partial charge in [-0.05, 0) is 37.5 Å². The number of carbonyl (C=O) groups is 1. The van der Waals surface area contributed by atoms with Crippen LogP contribution in [0.25, 0.3) is 0 Å². The van der Waals surface area contributed by atoms with Gasteiger partial charge in [0, 0.05) is 18.2 Å². The van der Waals surface area contributed by atoms with Crippen LogP contribution in [0.2, 0.25) is 5.02 Å². The number of benzene rings is 1. The van der Waals surface area contributed by atoms with Crippen LogP contribution in [-0.4, -0.2) is 24.3 Å². The standard InChI is InChI=1S/C13H17ClO3/c1-2-17-7-6-11(13(15)16)8-10-4-3-5-12(14)9-10/h3-5,9,11H,2,6-8H2,1H3,(H,15,16). The van der Waals surface area contributed by atoms with E-state index in [0.29, 0.717) is 31.1 Å². The zero-order valence-electron chi connectivity index (χ0n) is 9.86. The third kappa shape index (κ3) is 5.20. The minimum Gasteiger partial charge on any atom is -0.481 e. The molecule has 3 nitrogen and oxygen atoms in total. The largest absolute Gasteiger partial charge is 0.481 e. The smallest absolute Gasteiger partial charge is 0.306 e. The summed E-state index contributed by atoms with van der Waals surface area (Å²) in [5.41, 5.74) is 0.946. The van der Waals surface area contributed by atoms with Gasteiger partial charge in [0.2, 0.25) is 0 Å². The Morgan fingerprint density at radius 2 is 2.29 bits per heavy atom. The lowest BCUT2D eigenvalue weighted by Gasteiger charge is -2.12. The Morgan fingerprint density at radius 3 is 2.88 bits per heavy atom. The first-order valence-corrected chi connectivity index (χ1v) is 6.06. The Kier molecular flexibility index (Phi) is 6.01. The number of carboxylic acid groups (broad SMARTS) is 1. The quantitative estimate of drug-likeness (QED) is 0.763. The first-order valence-electron chi connectivity index (χ1n) is 5.68. The maximum Gasteiger partial charge on any atom is 0.306 e. The molecule has 0 saturated heterocycles. The second kappa shape index (κ2) is 7.30. The highest BCUT2D eigenvalue weighted by Gasteiger charge is 2.17. The summed E-state index contributed by atoms with van der Waals surface area (Å²) in [4.78, 5) is 11.1. The second-order valence-electron chi connectivity index (χ2n) is 3.85. The summed E-state index contributed by atoms with van der Waals surface area (Å²) in [5, 5.41) is 9.75. The summed E-state index contributed by atoms with van der Waals surface area (Å²) in [6.07, 6.45) is 1.01. The fraction of sp³-hybridized carbons (Fsp3) is 0.462. The summed E-state index contributed by atoms with van der Waals surface area (Å²) in [5.74, 6) is -1.20. The number of carboxylic acids is 1. The van der Waals surface area contributed by atoms with Gasteiger partial charge in [0.05, 0.1) is 5.92 Å². The highest BCUT2D eigenvalue weighted by atomic mass is 35.5. The fourth-order valence-corrected chi connectivity index (χ4v) is 1.84. The molecule has 1 aromatic carbocycles. The van der Waals surface area contributed by atoms with E-state index in [1.807, 2.05) is 19.1 Å². The van der Waals surface area contributed by atoms with Crippen molar-refractivity contribution < 1.29 is 14.6 Å². The molecule has 17 heavy (non-hydrogen) atoms. The van der Waals surface area contributed by atoms with Crippen LogP contribution in [0.15, 0.2) is 24.3 Å². The van der Waals surface area contributed by atoms with E-state index in [1.165, 1.54) is 0 Å². The minimum atomic E-state index is -0.787. The molecule has 0 saturated carbocycles. The van der Waals surface area contributed by atoms with E-state index in [2.05, 4.69) is 0 Å². The molecule has 0 aromatic heterocycles. The summed E-state index contributed by atoms with van der Waals surface area (Å²) >= 11 is 5.86. The molecule has 0 radical (unpaired) electrons. The molecule has 1 atom stereocenters. The Morgan fingerprint density at radius 1 is 1.53 bits per heavy atom. The summed E-state index contributed by atoms with van der Waals surface area (Å²) < 4.78 is 5.19. The number of rotatable bonds is 7. The van der Waals surface area contributed by atoms with Crippen molar-refractivity contribution >= 4 is 17.6 Å². The summed E-state index contributed by atoms with van der Waals surface area (Å²) in [7, 11) is 0. The van der Waals surface area contributed by atoms with Gasteiger partial charge in [-0.2, -0.15) is 0 Å². The Bertz CT molecular complexity index is 365. The molecule has 94 valence electrons. The monoisotopic (exact) mass is 256 g/mol. The first-order chi connectivity index (χ1) is 8.13. The molecule has 0 amide bonds. The highest BCUT2D eigenvalue weighted by Crippen LogP contribution is 2.17. The predicted octanol–water partition coefficient (Wildman–Crippen LogP) is 3.01. The average Bonchev–Trinajstić information content (AvgIpc) is 2.28. The van der Waals surface area contributed by atoms with Gasteiger partial charge in [-0.1, -0.05) is 23.7 Å². The van der Waals surface area contributed by atoms with Crippen molar-refractivity contribution in [2.24, 2.45) is 5.92 Å². The van der Waals surface area contributed by atoms with Gasteiger partial charge < -0.3 is 9.84 Å². The van der Waals surface area contributed by atoms with E-state index in [-0.39, 0.29) is 0 Å². The third-order valence-corrected chi connectivity index (χ3v) is 2.77. The maximum absolute atomic E-state index is 11.1. The van der Waals surface area contributed by atoms with Crippen molar-refractivity contribution in [3.8, 4) is 0 Å². The molecule has 0 bridgehead atoms. The average molecular weight is 257 g/mol. The molecule has 0 aliphatic carbocycles. The molecule has 1 aromatic rings. The van der Waals surface area contributed by atoms with E-state index in [9.17, 15) is 4.79 Å². The van der Waals surface area contributed by atoms with E-state index in [0.717, 1.165) is 5.56 Å². The van der Waals surface area contributed by atoms with Gasteiger partial charge >= 0.3 is 5.97 Å². The van der Waals surface area contributed by atoms with Crippen molar-refractivity contribution in [1.82, 2.24) is 0 Å². The van der Waals surface area contributed by atoms with Gasteiger partial charge in [0.1, 0.15) is 0 Å². The lowest BCUT2D eigenvalue weighted by molar-refractivity contribution is -0.142. The molecule has 0 heterocycles. The van der Waals surface area contributed by atoms with Crippen LogP contribution in [0.5, 0.6) is 0 Å². The molecule has 1 N–H and O–H groups in total. The molecule has 0 aliphatic heterocycles.